The van der Waals surface area contributed by atoms with E-state index in [-0.39, 0.29) is 5.91 Å². The molecule has 1 saturated heterocycles. The molecule has 1 aliphatic heterocycles. The second kappa shape index (κ2) is 4.69. The molecule has 2 aliphatic rings. The molecule has 1 aliphatic carbocycles. The van der Waals surface area contributed by atoms with Crippen LogP contribution < -0.4 is 5.73 Å². The van der Waals surface area contributed by atoms with E-state index in [2.05, 4.69) is 4.98 Å². The lowest BCUT2D eigenvalue weighted by Gasteiger charge is -2.18. The van der Waals surface area contributed by atoms with Crippen molar-refractivity contribution in [2.75, 3.05) is 13.1 Å². The van der Waals surface area contributed by atoms with Crippen LogP contribution in [0.1, 0.15) is 18.4 Å². The van der Waals surface area contributed by atoms with E-state index >= 15 is 0 Å². The molecule has 0 unspecified atom stereocenters. The largest absolute Gasteiger partial charge is 0.342 e. The molecule has 0 bridgehead atoms. The number of nitrogens with zero attached hydrogens (tertiary/aromatic N) is 2. The highest BCUT2D eigenvalue weighted by Gasteiger charge is 2.42. The van der Waals surface area contributed by atoms with Gasteiger partial charge in [-0.15, -0.1) is 0 Å². The van der Waals surface area contributed by atoms with Crippen LogP contribution in [0, 0.1) is 11.8 Å². The van der Waals surface area contributed by atoms with Crippen molar-refractivity contribution in [3.05, 3.63) is 30.1 Å². The lowest BCUT2D eigenvalue weighted by atomic mass is 9.98. The zero-order chi connectivity index (χ0) is 12.5. The normalized spacial score (nSPS) is 30.5. The Morgan fingerprint density at radius 2 is 2.33 bits per heavy atom. The van der Waals surface area contributed by atoms with Crippen molar-refractivity contribution < 1.29 is 4.79 Å². The van der Waals surface area contributed by atoms with Gasteiger partial charge in [-0.2, -0.15) is 0 Å². The minimum absolute atomic E-state index is 0.213. The van der Waals surface area contributed by atoms with Crippen LogP contribution in [0.4, 0.5) is 0 Å². The van der Waals surface area contributed by atoms with Gasteiger partial charge in [0.15, 0.2) is 0 Å². The van der Waals surface area contributed by atoms with Crippen LogP contribution in [0.2, 0.25) is 0 Å². The van der Waals surface area contributed by atoms with Gasteiger partial charge in [0.05, 0.1) is 6.42 Å². The van der Waals surface area contributed by atoms with Gasteiger partial charge in [-0.1, -0.05) is 6.07 Å². The van der Waals surface area contributed by atoms with Crippen LogP contribution >= 0.6 is 0 Å². The molecule has 0 spiro atoms. The summed E-state index contributed by atoms with van der Waals surface area (Å²) < 4.78 is 0. The number of pyridine rings is 1. The zero-order valence-corrected chi connectivity index (χ0v) is 10.5. The minimum Gasteiger partial charge on any atom is -0.342 e. The summed E-state index contributed by atoms with van der Waals surface area (Å²) in [6.07, 6.45) is 6.26. The van der Waals surface area contributed by atoms with Crippen molar-refractivity contribution in [2.24, 2.45) is 17.6 Å². The van der Waals surface area contributed by atoms with Crippen LogP contribution in [0.5, 0.6) is 0 Å². The van der Waals surface area contributed by atoms with E-state index in [0.29, 0.717) is 24.3 Å². The van der Waals surface area contributed by atoms with Crippen molar-refractivity contribution in [3.8, 4) is 0 Å². The molecule has 1 aromatic rings. The Hall–Kier alpha value is -1.42. The first-order valence-corrected chi connectivity index (χ1v) is 6.66. The predicted molar refractivity (Wildman–Crippen MR) is 68.7 cm³/mol. The van der Waals surface area contributed by atoms with Gasteiger partial charge in [-0.05, 0) is 36.3 Å². The van der Waals surface area contributed by atoms with E-state index in [1.165, 1.54) is 6.42 Å². The van der Waals surface area contributed by atoms with E-state index < -0.39 is 0 Å². The number of hydrogen-bond donors (Lipinski definition) is 1. The van der Waals surface area contributed by atoms with E-state index in [1.54, 1.807) is 12.4 Å². The lowest BCUT2D eigenvalue weighted by molar-refractivity contribution is -0.129. The molecule has 18 heavy (non-hydrogen) atoms. The number of aromatic nitrogens is 1. The molecule has 2 heterocycles. The maximum absolute atomic E-state index is 12.2. The molecule has 3 rings (SSSR count). The summed E-state index contributed by atoms with van der Waals surface area (Å²) in [7, 11) is 0. The van der Waals surface area contributed by atoms with Crippen LogP contribution in [0.15, 0.2) is 24.5 Å². The molecule has 96 valence electrons. The van der Waals surface area contributed by atoms with Gasteiger partial charge in [0.1, 0.15) is 0 Å². The third-order valence-electron chi connectivity index (χ3n) is 4.34. The van der Waals surface area contributed by atoms with Crippen molar-refractivity contribution in [3.63, 3.8) is 0 Å². The molecule has 4 heteroatoms. The first-order chi connectivity index (χ1) is 8.74. The molecule has 1 amide bonds. The van der Waals surface area contributed by atoms with Gasteiger partial charge >= 0.3 is 0 Å². The van der Waals surface area contributed by atoms with Gasteiger partial charge in [0.2, 0.25) is 5.91 Å². The fraction of sp³-hybridized carbons (Fsp3) is 0.571. The average Bonchev–Trinajstić information content (AvgIpc) is 2.93. The minimum atomic E-state index is 0.213. The first kappa shape index (κ1) is 11.7. The second-order valence-corrected chi connectivity index (χ2v) is 5.50. The van der Waals surface area contributed by atoms with Gasteiger partial charge in [0, 0.05) is 31.5 Å². The van der Waals surface area contributed by atoms with E-state index in [9.17, 15) is 4.79 Å². The molecular formula is C14H19N3O. The summed E-state index contributed by atoms with van der Waals surface area (Å²) in [4.78, 5) is 18.2. The standard InChI is InChI=1S/C14H19N3O/c15-13-4-3-11-8-17(9-12(11)13)14(18)6-10-2-1-5-16-7-10/h1-2,5,7,11-13H,3-4,6,8-9,15H2/t11-,12+,13+/m0/s1. The van der Waals surface area contributed by atoms with Gasteiger partial charge in [-0.3, -0.25) is 9.78 Å². The zero-order valence-electron chi connectivity index (χ0n) is 10.5. The summed E-state index contributed by atoms with van der Waals surface area (Å²) in [5, 5.41) is 0. The summed E-state index contributed by atoms with van der Waals surface area (Å²) in [6.45, 7) is 1.75. The van der Waals surface area contributed by atoms with Crippen LogP contribution in [0.3, 0.4) is 0 Å². The highest BCUT2D eigenvalue weighted by Crippen LogP contribution is 2.37. The van der Waals surface area contributed by atoms with Gasteiger partial charge in [-0.25, -0.2) is 0 Å². The Balaban J connectivity index is 1.62. The Kier molecular flexibility index (Phi) is 3.04. The Labute approximate surface area is 107 Å². The van der Waals surface area contributed by atoms with E-state index in [1.807, 2.05) is 17.0 Å². The fourth-order valence-corrected chi connectivity index (χ4v) is 3.30. The SMILES string of the molecule is N[C@@H]1CC[C@H]2CN(C(=O)Cc3cccnc3)C[C@H]21. The summed E-state index contributed by atoms with van der Waals surface area (Å²) in [5.74, 6) is 1.38. The number of carbonyl (C=O) groups is 1. The maximum Gasteiger partial charge on any atom is 0.227 e. The Morgan fingerprint density at radius 1 is 1.44 bits per heavy atom. The van der Waals surface area contributed by atoms with Crippen LogP contribution in [-0.2, 0) is 11.2 Å². The number of fused-ring (bicyclic) bond motifs is 1. The molecule has 0 radical (unpaired) electrons. The van der Waals surface area contributed by atoms with Crippen molar-refractivity contribution >= 4 is 5.91 Å². The van der Waals surface area contributed by atoms with Gasteiger partial charge < -0.3 is 10.6 Å². The van der Waals surface area contributed by atoms with E-state index in [4.69, 9.17) is 5.73 Å². The highest BCUT2D eigenvalue weighted by atomic mass is 16.2. The molecule has 1 aromatic heterocycles. The van der Waals surface area contributed by atoms with Crippen molar-refractivity contribution in [1.29, 1.82) is 0 Å². The highest BCUT2D eigenvalue weighted by molar-refractivity contribution is 5.79. The topological polar surface area (TPSA) is 59.2 Å². The third-order valence-corrected chi connectivity index (χ3v) is 4.34. The molecule has 3 atom stereocenters. The number of nitrogens with two attached hydrogens (primary N) is 1. The third kappa shape index (κ3) is 2.12. The van der Waals surface area contributed by atoms with Crippen LogP contribution in [-0.4, -0.2) is 34.9 Å². The fourth-order valence-electron chi connectivity index (χ4n) is 3.30. The number of rotatable bonds is 2. The first-order valence-electron chi connectivity index (χ1n) is 6.66. The molecule has 4 nitrogen and oxygen atoms in total. The lowest BCUT2D eigenvalue weighted by Crippen LogP contribution is -2.34. The number of likely N-dealkylation sites (tertiary alicyclic amines) is 1. The summed E-state index contributed by atoms with van der Waals surface area (Å²) in [5.41, 5.74) is 7.08. The number of carbonyl (C=O) groups excluding carboxylic acids is 1. The number of amides is 1. The molecule has 1 saturated carbocycles. The van der Waals surface area contributed by atoms with Crippen molar-refractivity contribution in [1.82, 2.24) is 9.88 Å². The van der Waals surface area contributed by atoms with Crippen LogP contribution in [0.25, 0.3) is 0 Å². The second-order valence-electron chi connectivity index (χ2n) is 5.50. The van der Waals surface area contributed by atoms with E-state index in [0.717, 1.165) is 25.1 Å². The predicted octanol–water partition coefficient (Wildman–Crippen LogP) is 0.820. The smallest absolute Gasteiger partial charge is 0.227 e. The quantitative estimate of drug-likeness (QED) is 0.839. The monoisotopic (exact) mass is 245 g/mol. The maximum atomic E-state index is 12.2. The Bertz CT molecular complexity index is 434. The van der Waals surface area contributed by atoms with Crippen molar-refractivity contribution in [2.45, 2.75) is 25.3 Å². The summed E-state index contributed by atoms with van der Waals surface area (Å²) >= 11 is 0. The Morgan fingerprint density at radius 3 is 3.06 bits per heavy atom. The summed E-state index contributed by atoms with van der Waals surface area (Å²) in [6, 6.07) is 4.12. The molecule has 0 aromatic carbocycles. The molecular weight excluding hydrogens is 226 g/mol. The molecule has 2 N–H and O–H groups in total. The van der Waals surface area contributed by atoms with Gasteiger partial charge in [0.25, 0.3) is 0 Å². The average molecular weight is 245 g/mol. The molecule has 2 fully saturated rings. The number of hydrogen-bond acceptors (Lipinski definition) is 3.